The van der Waals surface area contributed by atoms with Gasteiger partial charge in [0.25, 0.3) is 0 Å². The molecule has 4 heteroatoms. The first-order valence-corrected chi connectivity index (χ1v) is 4.27. The van der Waals surface area contributed by atoms with E-state index in [0.717, 1.165) is 22.6 Å². The van der Waals surface area contributed by atoms with Crippen molar-refractivity contribution >= 4 is 11.2 Å². The highest BCUT2D eigenvalue weighted by molar-refractivity contribution is 5.75. The van der Waals surface area contributed by atoms with E-state index in [-0.39, 0.29) is 0 Å². The molecule has 0 aromatic carbocycles. The fourth-order valence-corrected chi connectivity index (χ4v) is 1.38. The maximum Gasteiger partial charge on any atom is 0.178 e. The third kappa shape index (κ3) is 1.01. The molecule has 0 aliphatic rings. The van der Waals surface area contributed by atoms with Crippen molar-refractivity contribution in [1.29, 1.82) is 0 Å². The van der Waals surface area contributed by atoms with Crippen molar-refractivity contribution in [3.05, 3.63) is 36.9 Å². The van der Waals surface area contributed by atoms with Crippen LogP contribution in [0.3, 0.4) is 0 Å². The third-order valence-electron chi connectivity index (χ3n) is 2.05. The quantitative estimate of drug-likeness (QED) is 0.632. The number of pyridine rings is 1. The van der Waals surface area contributed by atoms with Crippen molar-refractivity contribution in [3.8, 4) is 11.4 Å². The van der Waals surface area contributed by atoms with Crippen LogP contribution in [0, 0.1) is 0 Å². The van der Waals surface area contributed by atoms with E-state index in [9.17, 15) is 0 Å². The predicted molar refractivity (Wildman–Crippen MR) is 51.6 cm³/mol. The summed E-state index contributed by atoms with van der Waals surface area (Å²) in [6.07, 6.45) is 5.00. The molecule has 0 spiro atoms. The van der Waals surface area contributed by atoms with Gasteiger partial charge in [-0.05, 0) is 18.2 Å². The zero-order valence-corrected chi connectivity index (χ0v) is 7.27. The van der Waals surface area contributed by atoms with Crippen LogP contribution in [0.1, 0.15) is 0 Å². The van der Waals surface area contributed by atoms with Crippen LogP contribution in [-0.2, 0) is 0 Å². The number of furan rings is 1. The molecule has 0 amide bonds. The molecule has 14 heavy (non-hydrogen) atoms. The summed E-state index contributed by atoms with van der Waals surface area (Å²) in [6.45, 7) is 0. The maximum absolute atomic E-state index is 4.98. The van der Waals surface area contributed by atoms with E-state index >= 15 is 0 Å². The third-order valence-corrected chi connectivity index (χ3v) is 2.05. The summed E-state index contributed by atoms with van der Waals surface area (Å²) in [5, 5.41) is 0. The number of hydrogen-bond donors (Lipinski definition) is 1. The van der Waals surface area contributed by atoms with Crippen LogP contribution in [0.4, 0.5) is 0 Å². The molecule has 4 nitrogen and oxygen atoms in total. The first kappa shape index (κ1) is 7.32. The van der Waals surface area contributed by atoms with Gasteiger partial charge in [-0.2, -0.15) is 0 Å². The van der Waals surface area contributed by atoms with Gasteiger partial charge in [-0.3, -0.25) is 0 Å². The number of imidazole rings is 1. The van der Waals surface area contributed by atoms with Gasteiger partial charge in [0, 0.05) is 6.20 Å². The largest absolute Gasteiger partial charge is 0.472 e. The molecule has 0 fully saturated rings. The van der Waals surface area contributed by atoms with Gasteiger partial charge in [-0.15, -0.1) is 0 Å². The number of rotatable bonds is 1. The summed E-state index contributed by atoms with van der Waals surface area (Å²) in [4.78, 5) is 11.6. The molecule has 1 N–H and O–H groups in total. The van der Waals surface area contributed by atoms with E-state index in [1.165, 1.54) is 0 Å². The molecule has 0 radical (unpaired) electrons. The van der Waals surface area contributed by atoms with Crippen LogP contribution in [0.5, 0.6) is 0 Å². The minimum absolute atomic E-state index is 0.726. The van der Waals surface area contributed by atoms with Gasteiger partial charge >= 0.3 is 0 Å². The number of nitrogens with zero attached hydrogens (tertiary/aromatic N) is 2. The monoisotopic (exact) mass is 185 g/mol. The topological polar surface area (TPSA) is 54.7 Å². The molecule has 0 bridgehead atoms. The van der Waals surface area contributed by atoms with E-state index in [0.29, 0.717) is 0 Å². The van der Waals surface area contributed by atoms with Crippen LogP contribution >= 0.6 is 0 Å². The van der Waals surface area contributed by atoms with Crippen molar-refractivity contribution in [1.82, 2.24) is 15.0 Å². The summed E-state index contributed by atoms with van der Waals surface area (Å²) in [7, 11) is 0. The molecule has 0 saturated carbocycles. The van der Waals surface area contributed by atoms with Crippen LogP contribution in [0.15, 0.2) is 41.3 Å². The molecule has 68 valence electrons. The molecule has 0 unspecified atom stereocenters. The van der Waals surface area contributed by atoms with Crippen LogP contribution < -0.4 is 0 Å². The highest BCUT2D eigenvalue weighted by Crippen LogP contribution is 2.18. The number of aromatic nitrogens is 3. The zero-order chi connectivity index (χ0) is 9.38. The lowest BCUT2D eigenvalue weighted by atomic mass is 10.3. The zero-order valence-electron chi connectivity index (χ0n) is 7.27. The Balaban J connectivity index is 2.24. The molecule has 3 aromatic rings. The number of hydrogen-bond acceptors (Lipinski definition) is 3. The van der Waals surface area contributed by atoms with E-state index in [1.54, 1.807) is 18.7 Å². The fraction of sp³-hybridized carbons (Fsp3) is 0. The molecule has 3 heterocycles. The van der Waals surface area contributed by atoms with Crippen LogP contribution in [0.2, 0.25) is 0 Å². The molecule has 0 aliphatic heterocycles. The van der Waals surface area contributed by atoms with Crippen LogP contribution in [-0.4, -0.2) is 15.0 Å². The van der Waals surface area contributed by atoms with E-state index < -0.39 is 0 Å². The number of aromatic amines is 1. The molecular weight excluding hydrogens is 178 g/mol. The minimum Gasteiger partial charge on any atom is -0.472 e. The van der Waals surface area contributed by atoms with E-state index in [2.05, 4.69) is 15.0 Å². The Bertz CT molecular complexity index is 521. The first-order valence-electron chi connectivity index (χ1n) is 4.27. The Morgan fingerprint density at radius 1 is 1.29 bits per heavy atom. The fourth-order valence-electron chi connectivity index (χ4n) is 1.38. The Morgan fingerprint density at radius 3 is 3.07 bits per heavy atom. The van der Waals surface area contributed by atoms with Gasteiger partial charge in [0.05, 0.1) is 17.3 Å². The molecular formula is C10H7N3O. The van der Waals surface area contributed by atoms with Crippen molar-refractivity contribution in [2.45, 2.75) is 0 Å². The average molecular weight is 185 g/mol. The first-order chi connectivity index (χ1) is 6.93. The lowest BCUT2D eigenvalue weighted by Gasteiger charge is -1.84. The van der Waals surface area contributed by atoms with E-state index in [4.69, 9.17) is 4.42 Å². The lowest BCUT2D eigenvalue weighted by molar-refractivity contribution is 0.568. The van der Waals surface area contributed by atoms with Crippen molar-refractivity contribution in [2.24, 2.45) is 0 Å². The van der Waals surface area contributed by atoms with Gasteiger partial charge in [0.15, 0.2) is 5.65 Å². The Kier molecular flexibility index (Phi) is 1.41. The summed E-state index contributed by atoms with van der Waals surface area (Å²) >= 11 is 0. The smallest absolute Gasteiger partial charge is 0.178 e. The van der Waals surface area contributed by atoms with E-state index in [1.807, 2.05) is 18.2 Å². The molecule has 3 aromatic heterocycles. The second-order valence-corrected chi connectivity index (χ2v) is 2.97. The number of H-pyrrole nitrogens is 1. The Hall–Kier alpha value is -2.10. The van der Waals surface area contributed by atoms with Crippen LogP contribution in [0.25, 0.3) is 22.6 Å². The highest BCUT2D eigenvalue weighted by Gasteiger charge is 2.05. The Labute approximate surface area is 79.6 Å². The average Bonchev–Trinajstić information content (AvgIpc) is 2.86. The number of nitrogens with one attached hydrogen (secondary N) is 1. The van der Waals surface area contributed by atoms with Crippen molar-refractivity contribution < 1.29 is 4.42 Å². The number of fused-ring (bicyclic) bond motifs is 1. The molecule has 3 rings (SSSR count). The highest BCUT2D eigenvalue weighted by atomic mass is 16.3. The second kappa shape index (κ2) is 2.70. The molecule has 0 aliphatic carbocycles. The SMILES string of the molecule is c1cnc2nc(-c3ccoc3)[nH]c2c1. The Morgan fingerprint density at radius 2 is 2.29 bits per heavy atom. The van der Waals surface area contributed by atoms with Gasteiger partial charge in [0.2, 0.25) is 0 Å². The predicted octanol–water partition coefficient (Wildman–Crippen LogP) is 2.22. The normalized spacial score (nSPS) is 10.9. The van der Waals surface area contributed by atoms with Crippen molar-refractivity contribution in [2.75, 3.05) is 0 Å². The lowest BCUT2D eigenvalue weighted by Crippen LogP contribution is -1.74. The molecule has 0 atom stereocenters. The van der Waals surface area contributed by atoms with Crippen molar-refractivity contribution in [3.63, 3.8) is 0 Å². The second-order valence-electron chi connectivity index (χ2n) is 2.97. The minimum atomic E-state index is 0.726. The maximum atomic E-state index is 4.98. The van der Waals surface area contributed by atoms with Gasteiger partial charge in [-0.25, -0.2) is 9.97 Å². The standard InChI is InChI=1S/C10H7N3O/c1-2-8-10(11-4-1)13-9(12-8)7-3-5-14-6-7/h1-6H,(H,11,12,13). The molecule has 0 saturated heterocycles. The summed E-state index contributed by atoms with van der Waals surface area (Å²) in [6, 6.07) is 5.68. The van der Waals surface area contributed by atoms with Gasteiger partial charge < -0.3 is 9.40 Å². The van der Waals surface area contributed by atoms with Gasteiger partial charge in [-0.1, -0.05) is 0 Å². The summed E-state index contributed by atoms with van der Waals surface area (Å²) in [5.74, 6) is 0.785. The summed E-state index contributed by atoms with van der Waals surface area (Å²) in [5.41, 5.74) is 2.59. The van der Waals surface area contributed by atoms with Gasteiger partial charge in [0.1, 0.15) is 12.1 Å². The summed E-state index contributed by atoms with van der Waals surface area (Å²) < 4.78 is 4.98.